The van der Waals surface area contributed by atoms with Crippen LogP contribution in [0.25, 0.3) is 6.08 Å². The van der Waals surface area contributed by atoms with Gasteiger partial charge in [0.05, 0.1) is 26.0 Å². The van der Waals surface area contributed by atoms with Gasteiger partial charge in [-0.15, -0.1) is 0 Å². The molecule has 1 aliphatic heterocycles. The lowest BCUT2D eigenvalue weighted by Gasteiger charge is -2.12. The lowest BCUT2D eigenvalue weighted by molar-refractivity contribution is -0.121. The summed E-state index contributed by atoms with van der Waals surface area (Å²) in [4.78, 5) is 14.5. The molecule has 142 valence electrons. The minimum atomic E-state index is -0.0989. The normalized spacial score (nSPS) is 15.2. The van der Waals surface area contributed by atoms with Crippen LogP contribution in [0.15, 0.2) is 45.8 Å². The molecule has 1 aliphatic rings. The molecule has 2 aromatic carbocycles. The molecule has 0 aromatic heterocycles. The molecule has 0 radical (unpaired) electrons. The van der Waals surface area contributed by atoms with Gasteiger partial charge in [0.15, 0.2) is 5.75 Å². The molecular formula is C20H14BrClN2O2S2. The van der Waals surface area contributed by atoms with E-state index >= 15 is 0 Å². The standard InChI is InChI=1S/C20H14BrClN2O2S2/c1-2-24-19(25)17(28-20(24)27)9-12-7-15(21)18(16(22)8-12)26-11-14-6-4-3-5-13(14)10-23/h3-9H,2,11H2,1H3/b17-9-. The third-order valence-corrected chi connectivity index (χ3v) is 6.27. The maximum absolute atomic E-state index is 12.4. The van der Waals surface area contributed by atoms with Gasteiger partial charge in [-0.2, -0.15) is 5.26 Å². The van der Waals surface area contributed by atoms with Crippen LogP contribution in [0.4, 0.5) is 0 Å². The van der Waals surface area contributed by atoms with Gasteiger partial charge in [0, 0.05) is 12.1 Å². The number of ether oxygens (including phenoxy) is 1. The fraction of sp³-hybridized carbons (Fsp3) is 0.150. The number of thiocarbonyl (C=S) groups is 1. The van der Waals surface area contributed by atoms with Crippen molar-refractivity contribution in [3.05, 3.63) is 67.5 Å². The third kappa shape index (κ3) is 4.41. The van der Waals surface area contributed by atoms with Crippen LogP contribution in [0.1, 0.15) is 23.6 Å². The van der Waals surface area contributed by atoms with Crippen molar-refractivity contribution in [2.75, 3.05) is 6.54 Å². The highest BCUT2D eigenvalue weighted by molar-refractivity contribution is 9.10. The monoisotopic (exact) mass is 492 g/mol. The van der Waals surface area contributed by atoms with E-state index in [1.165, 1.54) is 11.8 Å². The number of likely N-dealkylation sites (N-methyl/N-ethyl adjacent to an activating group) is 1. The molecule has 1 heterocycles. The molecule has 0 spiro atoms. The summed E-state index contributed by atoms with van der Waals surface area (Å²) in [6.07, 6.45) is 1.76. The van der Waals surface area contributed by atoms with Crippen molar-refractivity contribution in [3.63, 3.8) is 0 Å². The van der Waals surface area contributed by atoms with Crippen LogP contribution in [-0.2, 0) is 11.4 Å². The minimum absolute atomic E-state index is 0.0989. The van der Waals surface area contributed by atoms with Crippen LogP contribution in [0, 0.1) is 11.3 Å². The Morgan fingerprint density at radius 1 is 1.39 bits per heavy atom. The summed E-state index contributed by atoms with van der Waals surface area (Å²) >= 11 is 16.4. The molecule has 28 heavy (non-hydrogen) atoms. The van der Waals surface area contributed by atoms with Gasteiger partial charge in [-0.1, -0.05) is 53.8 Å². The SMILES string of the molecule is CCN1C(=O)/C(=C/c2cc(Cl)c(OCc3ccccc3C#N)c(Br)c2)SC1=S. The van der Waals surface area contributed by atoms with Crippen LogP contribution < -0.4 is 4.74 Å². The van der Waals surface area contributed by atoms with Gasteiger partial charge in [0.1, 0.15) is 10.9 Å². The molecule has 4 nitrogen and oxygen atoms in total. The Balaban J connectivity index is 1.82. The van der Waals surface area contributed by atoms with Crippen LogP contribution in [0.2, 0.25) is 5.02 Å². The number of hydrogen-bond donors (Lipinski definition) is 0. The minimum Gasteiger partial charge on any atom is -0.486 e. The van der Waals surface area contributed by atoms with Gasteiger partial charge in [0.2, 0.25) is 0 Å². The Hall–Kier alpha value is -1.85. The number of benzene rings is 2. The molecule has 2 aromatic rings. The van der Waals surface area contributed by atoms with Crippen LogP contribution in [0.5, 0.6) is 5.75 Å². The number of amides is 1. The van der Waals surface area contributed by atoms with Crippen molar-refractivity contribution in [2.45, 2.75) is 13.5 Å². The summed E-state index contributed by atoms with van der Waals surface area (Å²) in [6, 6.07) is 12.9. The zero-order valence-electron chi connectivity index (χ0n) is 14.7. The first-order valence-corrected chi connectivity index (χ1v) is 10.7. The van der Waals surface area contributed by atoms with E-state index < -0.39 is 0 Å². The van der Waals surface area contributed by atoms with Crippen molar-refractivity contribution in [3.8, 4) is 11.8 Å². The number of hydrogen-bond acceptors (Lipinski definition) is 5. The number of carbonyl (C=O) groups excluding carboxylic acids is 1. The zero-order valence-corrected chi connectivity index (χ0v) is 18.7. The smallest absolute Gasteiger partial charge is 0.266 e. The van der Waals surface area contributed by atoms with Crippen LogP contribution >= 0.6 is 51.5 Å². The fourth-order valence-electron chi connectivity index (χ4n) is 2.63. The largest absolute Gasteiger partial charge is 0.486 e. The molecule has 0 bridgehead atoms. The second kappa shape index (κ2) is 9.10. The predicted octanol–water partition coefficient (Wildman–Crippen LogP) is 5.77. The Morgan fingerprint density at radius 2 is 2.14 bits per heavy atom. The molecular weight excluding hydrogens is 480 g/mol. The second-order valence-corrected chi connectivity index (χ2v) is 8.73. The van der Waals surface area contributed by atoms with Gasteiger partial charge in [-0.05, 0) is 52.7 Å². The first-order valence-electron chi connectivity index (χ1n) is 8.29. The van der Waals surface area contributed by atoms with Gasteiger partial charge < -0.3 is 4.74 Å². The maximum Gasteiger partial charge on any atom is 0.266 e. The molecule has 1 amide bonds. The molecule has 0 N–H and O–H groups in total. The second-order valence-electron chi connectivity index (χ2n) is 5.80. The average Bonchev–Trinajstić information content (AvgIpc) is 2.94. The number of rotatable bonds is 5. The number of thioether (sulfide) groups is 1. The first kappa shape index (κ1) is 20.9. The van der Waals surface area contributed by atoms with Crippen molar-refractivity contribution < 1.29 is 9.53 Å². The van der Waals surface area contributed by atoms with Crippen molar-refractivity contribution in [1.82, 2.24) is 4.90 Å². The zero-order chi connectivity index (χ0) is 20.3. The molecule has 1 saturated heterocycles. The summed E-state index contributed by atoms with van der Waals surface area (Å²) < 4.78 is 7.06. The van der Waals surface area contributed by atoms with Gasteiger partial charge in [-0.3, -0.25) is 9.69 Å². The molecule has 0 saturated carbocycles. The van der Waals surface area contributed by atoms with E-state index in [0.717, 1.165) is 11.1 Å². The summed E-state index contributed by atoms with van der Waals surface area (Å²) in [5.74, 6) is 0.380. The van der Waals surface area contributed by atoms with Gasteiger partial charge in [-0.25, -0.2) is 0 Å². The Bertz CT molecular complexity index is 1010. The van der Waals surface area contributed by atoms with E-state index in [2.05, 4.69) is 22.0 Å². The van der Waals surface area contributed by atoms with E-state index in [0.29, 0.717) is 36.6 Å². The third-order valence-electron chi connectivity index (χ3n) is 4.02. The number of nitriles is 1. The summed E-state index contributed by atoms with van der Waals surface area (Å²) in [7, 11) is 0. The molecule has 1 fully saturated rings. The Kier molecular flexibility index (Phi) is 6.78. The highest BCUT2D eigenvalue weighted by Crippen LogP contribution is 2.38. The number of nitrogens with zero attached hydrogens (tertiary/aromatic N) is 2. The van der Waals surface area contributed by atoms with E-state index in [9.17, 15) is 10.1 Å². The Labute approximate surface area is 186 Å². The molecule has 3 rings (SSSR count). The molecule has 0 aliphatic carbocycles. The van der Waals surface area contributed by atoms with Crippen LogP contribution in [0.3, 0.4) is 0 Å². The lowest BCUT2D eigenvalue weighted by Crippen LogP contribution is -2.27. The molecule has 0 unspecified atom stereocenters. The quantitative estimate of drug-likeness (QED) is 0.391. The number of halogens is 2. The van der Waals surface area contributed by atoms with E-state index in [4.69, 9.17) is 28.6 Å². The summed E-state index contributed by atoms with van der Waals surface area (Å²) in [6.45, 7) is 2.65. The fourth-order valence-corrected chi connectivity index (χ4v) is 5.00. The van der Waals surface area contributed by atoms with Crippen LogP contribution in [-0.4, -0.2) is 21.7 Å². The average molecular weight is 494 g/mol. The van der Waals surface area contributed by atoms with E-state index in [1.807, 2.05) is 25.1 Å². The van der Waals surface area contributed by atoms with Crippen molar-refractivity contribution in [1.29, 1.82) is 5.26 Å². The Morgan fingerprint density at radius 3 is 2.79 bits per heavy atom. The lowest BCUT2D eigenvalue weighted by atomic mass is 10.1. The topological polar surface area (TPSA) is 53.3 Å². The van der Waals surface area contributed by atoms with Gasteiger partial charge >= 0.3 is 0 Å². The van der Waals surface area contributed by atoms with Crippen molar-refractivity contribution >= 4 is 67.8 Å². The summed E-state index contributed by atoms with van der Waals surface area (Å²) in [5.41, 5.74) is 2.10. The molecule has 0 atom stereocenters. The highest BCUT2D eigenvalue weighted by Gasteiger charge is 2.30. The van der Waals surface area contributed by atoms with Crippen molar-refractivity contribution in [2.24, 2.45) is 0 Å². The van der Waals surface area contributed by atoms with Gasteiger partial charge in [0.25, 0.3) is 5.91 Å². The summed E-state index contributed by atoms with van der Waals surface area (Å²) in [5, 5.41) is 9.59. The first-order chi connectivity index (χ1) is 13.4. The maximum atomic E-state index is 12.4. The molecule has 8 heteroatoms. The predicted molar refractivity (Wildman–Crippen MR) is 120 cm³/mol. The highest BCUT2D eigenvalue weighted by atomic mass is 79.9. The van der Waals surface area contributed by atoms with E-state index in [1.54, 1.807) is 29.2 Å². The van der Waals surface area contributed by atoms with E-state index in [-0.39, 0.29) is 12.5 Å². The number of carbonyl (C=O) groups is 1.